The van der Waals surface area contributed by atoms with E-state index in [4.69, 9.17) is 28.1 Å². The Labute approximate surface area is 251 Å². The number of esters is 2. The fraction of sp³-hybridized carbons (Fsp3) is 0.800. The van der Waals surface area contributed by atoms with Crippen molar-refractivity contribution in [2.45, 2.75) is 107 Å². The minimum atomic E-state index is -2.05. The van der Waals surface area contributed by atoms with Crippen molar-refractivity contribution in [3.05, 3.63) is 24.2 Å². The zero-order valence-corrected chi connectivity index (χ0v) is 24.7. The van der Waals surface area contributed by atoms with Crippen LogP contribution in [0.25, 0.3) is 0 Å². The summed E-state index contributed by atoms with van der Waals surface area (Å²) in [7, 11) is 0. The topological polar surface area (TPSA) is 218 Å². The van der Waals surface area contributed by atoms with E-state index in [9.17, 15) is 40.2 Å². The number of aliphatic hydroxyl groups is 6. The molecule has 8 rings (SSSR count). The van der Waals surface area contributed by atoms with Crippen LogP contribution in [0.4, 0.5) is 0 Å². The van der Waals surface area contributed by atoms with Crippen LogP contribution in [0.5, 0.6) is 0 Å². The van der Waals surface area contributed by atoms with E-state index in [1.807, 2.05) is 0 Å². The highest BCUT2D eigenvalue weighted by Crippen LogP contribution is 2.84. The van der Waals surface area contributed by atoms with Crippen molar-refractivity contribution in [3.63, 3.8) is 0 Å². The lowest BCUT2D eigenvalue weighted by atomic mass is 9.37. The molecule has 1 aromatic rings. The zero-order chi connectivity index (χ0) is 31.6. The molecule has 242 valence electrons. The molecule has 44 heavy (non-hydrogen) atoms. The molecule has 0 unspecified atom stereocenters. The molecule has 0 radical (unpaired) electrons. The molecule has 7 fully saturated rings. The number of hydrogen-bond acceptors (Lipinski definition) is 14. The lowest BCUT2D eigenvalue weighted by Crippen LogP contribution is -2.85. The number of carbonyl (C=O) groups excluding carboxylic acids is 2. The standard InChI is InChI=1S/C30H38O14/c1-11(31)41-18-21(35)29-14-7-15(33)27(10-40-24(29)43-23(36)25(14,3)22(18)42-12(2)32)20(29)17(34)19-26(4,37)28(38,13-5-6-39-9-13)8-16-30(19,27)44-16/h5-6,9,14-24,33-38H,7-8,10H2,1-4H3/t14-,15+,16+,17-,18+,19+,20-,21+,22+,23+,24+,25+,26+,27+,28+,29+,30+/m0/s1. The van der Waals surface area contributed by atoms with Crippen LogP contribution in [0.3, 0.4) is 0 Å². The monoisotopic (exact) mass is 622 g/mol. The molecule has 0 aromatic carbocycles. The van der Waals surface area contributed by atoms with E-state index >= 15 is 0 Å². The normalized spacial score (nSPS) is 59.5. The van der Waals surface area contributed by atoms with Gasteiger partial charge in [-0.25, -0.2) is 0 Å². The number of rotatable bonds is 3. The Balaban J connectivity index is 1.35. The Morgan fingerprint density at radius 1 is 1.02 bits per heavy atom. The summed E-state index contributed by atoms with van der Waals surface area (Å²) >= 11 is 0. The molecule has 1 aromatic heterocycles. The quantitative estimate of drug-likeness (QED) is 0.170. The Morgan fingerprint density at radius 3 is 2.36 bits per heavy atom. The first kappa shape index (κ1) is 29.3. The van der Waals surface area contributed by atoms with Gasteiger partial charge >= 0.3 is 11.9 Å². The van der Waals surface area contributed by atoms with Crippen molar-refractivity contribution < 1.29 is 68.3 Å². The van der Waals surface area contributed by atoms with E-state index in [2.05, 4.69) is 0 Å². The maximum Gasteiger partial charge on any atom is 0.303 e. The Bertz CT molecular complexity index is 1410. The smallest absolute Gasteiger partial charge is 0.303 e. The number of carbonyl (C=O) groups is 2. The van der Waals surface area contributed by atoms with Crippen molar-refractivity contribution in [2.75, 3.05) is 6.61 Å². The molecule has 6 N–H and O–H groups in total. The van der Waals surface area contributed by atoms with Gasteiger partial charge in [0.2, 0.25) is 0 Å². The molecule has 17 atom stereocenters. The van der Waals surface area contributed by atoms with Crippen molar-refractivity contribution in [1.82, 2.24) is 0 Å². The van der Waals surface area contributed by atoms with E-state index in [-0.39, 0.29) is 25.0 Å². The summed E-state index contributed by atoms with van der Waals surface area (Å²) < 4.78 is 35.3. The highest BCUT2D eigenvalue weighted by Gasteiger charge is 2.96. The maximum atomic E-state index is 12.5. The van der Waals surface area contributed by atoms with Crippen LogP contribution in [0, 0.1) is 34.0 Å². The number of epoxide rings is 1. The lowest BCUT2D eigenvalue weighted by molar-refractivity contribution is -0.474. The van der Waals surface area contributed by atoms with Crippen molar-refractivity contribution in [3.8, 4) is 0 Å². The number of furan rings is 1. The molecule has 14 nitrogen and oxygen atoms in total. The molecule has 3 aliphatic heterocycles. The first-order chi connectivity index (χ1) is 20.6. The predicted molar refractivity (Wildman–Crippen MR) is 139 cm³/mol. The molecule has 7 aliphatic rings. The van der Waals surface area contributed by atoms with Crippen LogP contribution >= 0.6 is 0 Å². The summed E-state index contributed by atoms with van der Waals surface area (Å²) in [6.07, 6.45) is -8.57. The summed E-state index contributed by atoms with van der Waals surface area (Å²) in [6, 6.07) is 1.53. The van der Waals surface area contributed by atoms with Gasteiger partial charge in [-0.2, -0.15) is 0 Å². The Kier molecular flexibility index (Phi) is 5.60. The van der Waals surface area contributed by atoms with Gasteiger partial charge in [-0.3, -0.25) is 9.59 Å². The van der Waals surface area contributed by atoms with Gasteiger partial charge in [0, 0.05) is 37.7 Å². The summed E-state index contributed by atoms with van der Waals surface area (Å²) in [5.41, 5.74) is -9.70. The summed E-state index contributed by atoms with van der Waals surface area (Å²) in [4.78, 5) is 24.7. The molecular weight excluding hydrogens is 584 g/mol. The lowest BCUT2D eigenvalue weighted by Gasteiger charge is -2.74. The van der Waals surface area contributed by atoms with Gasteiger partial charge in [0.05, 0.1) is 53.7 Å². The van der Waals surface area contributed by atoms with E-state index in [1.54, 1.807) is 6.92 Å². The van der Waals surface area contributed by atoms with Crippen LogP contribution in [0.2, 0.25) is 0 Å². The summed E-state index contributed by atoms with van der Waals surface area (Å²) in [6.45, 7) is 5.05. The van der Waals surface area contributed by atoms with Gasteiger partial charge in [0.15, 0.2) is 24.8 Å². The molecule has 4 saturated carbocycles. The van der Waals surface area contributed by atoms with Crippen LogP contribution in [0.15, 0.2) is 23.0 Å². The molecule has 14 heteroatoms. The first-order valence-electron chi connectivity index (χ1n) is 15.1. The third-order valence-electron chi connectivity index (χ3n) is 13.1. The second-order valence-electron chi connectivity index (χ2n) is 14.5. The Morgan fingerprint density at radius 2 is 1.73 bits per heavy atom. The molecule has 2 spiro atoms. The average molecular weight is 623 g/mol. The Hall–Kier alpha value is -2.14. The van der Waals surface area contributed by atoms with Crippen LogP contribution < -0.4 is 0 Å². The van der Waals surface area contributed by atoms with E-state index in [0.29, 0.717) is 0 Å². The predicted octanol–water partition coefficient (Wildman–Crippen LogP) is -1.33. The van der Waals surface area contributed by atoms with Crippen molar-refractivity contribution >= 4 is 11.9 Å². The molecule has 3 saturated heterocycles. The van der Waals surface area contributed by atoms with Crippen LogP contribution in [-0.2, 0) is 38.9 Å². The highest BCUT2D eigenvalue weighted by molar-refractivity contribution is 5.68. The van der Waals surface area contributed by atoms with Crippen LogP contribution in [-0.4, -0.2) is 110 Å². The second-order valence-corrected chi connectivity index (χ2v) is 14.5. The average Bonchev–Trinajstić information content (AvgIpc) is 3.28. The van der Waals surface area contributed by atoms with Crippen molar-refractivity contribution in [2.24, 2.45) is 34.0 Å². The SMILES string of the molecule is CC(=O)O[C@H]1[C@@H](OC(C)=O)[C@]2(C)[C@H](O)O[C@H]3OC[C@@]45[C@H](O)C[C@@H]2[C@]3([C@@H]1O)[C@H]4[C@@H](O)[C@H]1[C@@]52O[C@@H]2C[C@@](O)(c2ccoc2)[C@]1(C)O. The number of aliphatic hydroxyl groups excluding tert-OH is 4. The summed E-state index contributed by atoms with van der Waals surface area (Å²) in [5, 5.41) is 73.1. The van der Waals surface area contributed by atoms with E-state index in [1.165, 1.54) is 25.5 Å². The molecule has 3 bridgehead atoms. The summed E-state index contributed by atoms with van der Waals surface area (Å²) in [5.74, 6) is -4.77. The van der Waals surface area contributed by atoms with Gasteiger partial charge in [-0.1, -0.05) is 6.92 Å². The van der Waals surface area contributed by atoms with Crippen molar-refractivity contribution in [1.29, 1.82) is 0 Å². The minimum absolute atomic E-state index is 0.0553. The second kappa shape index (κ2) is 8.41. The molecular formula is C30H38O14. The highest BCUT2D eigenvalue weighted by atomic mass is 16.7. The maximum absolute atomic E-state index is 12.5. The van der Waals surface area contributed by atoms with Gasteiger partial charge in [-0.15, -0.1) is 0 Å². The first-order valence-corrected chi connectivity index (χ1v) is 15.1. The van der Waals surface area contributed by atoms with Gasteiger partial charge in [0.25, 0.3) is 0 Å². The third-order valence-corrected chi connectivity index (χ3v) is 13.1. The van der Waals surface area contributed by atoms with Gasteiger partial charge in [0.1, 0.15) is 22.9 Å². The fourth-order valence-electron chi connectivity index (χ4n) is 11.5. The fourth-order valence-corrected chi connectivity index (χ4v) is 11.5. The van der Waals surface area contributed by atoms with E-state index in [0.717, 1.165) is 13.8 Å². The number of ether oxygens (including phenoxy) is 5. The molecule has 4 aliphatic carbocycles. The molecule has 0 amide bonds. The minimum Gasteiger partial charge on any atom is -0.472 e. The third kappa shape index (κ3) is 2.79. The van der Waals surface area contributed by atoms with Gasteiger partial charge in [-0.05, 0) is 25.3 Å². The molecule has 4 heterocycles. The van der Waals surface area contributed by atoms with E-state index < -0.39 is 112 Å². The largest absolute Gasteiger partial charge is 0.472 e. The number of hydrogen-bond donors (Lipinski definition) is 6. The van der Waals surface area contributed by atoms with Crippen LogP contribution in [0.1, 0.15) is 46.1 Å². The zero-order valence-electron chi connectivity index (χ0n) is 24.7. The van der Waals surface area contributed by atoms with Gasteiger partial charge < -0.3 is 58.7 Å².